The van der Waals surface area contributed by atoms with E-state index in [2.05, 4.69) is 23.7 Å². The van der Waals surface area contributed by atoms with Crippen molar-refractivity contribution in [3.8, 4) is 23.7 Å². The Labute approximate surface area is 142 Å². The highest BCUT2D eigenvalue weighted by molar-refractivity contribution is 5.80. The highest BCUT2D eigenvalue weighted by Crippen LogP contribution is 2.10. The Morgan fingerprint density at radius 3 is 1.71 bits per heavy atom. The van der Waals surface area contributed by atoms with Crippen molar-refractivity contribution in [1.29, 1.82) is 0 Å². The molecule has 0 saturated heterocycles. The standard InChI is InChI=1S/C23H14O/c24-18-23-17-21(12-11-19-7-3-1-4-8-19)14-16-22(23)15-13-20-9-5-2-6-10-20/h1-10,14,16-18H. The van der Waals surface area contributed by atoms with Crippen LogP contribution in [0, 0.1) is 23.7 Å². The first kappa shape index (κ1) is 15.3. The molecule has 24 heavy (non-hydrogen) atoms. The normalized spacial score (nSPS) is 9.17. The van der Waals surface area contributed by atoms with E-state index in [9.17, 15) is 4.79 Å². The molecule has 3 aromatic rings. The molecule has 0 aliphatic rings. The summed E-state index contributed by atoms with van der Waals surface area (Å²) >= 11 is 0. The van der Waals surface area contributed by atoms with Gasteiger partial charge in [-0.25, -0.2) is 0 Å². The van der Waals surface area contributed by atoms with Crippen LogP contribution in [0.2, 0.25) is 0 Å². The van der Waals surface area contributed by atoms with Crippen LogP contribution >= 0.6 is 0 Å². The van der Waals surface area contributed by atoms with Crippen LogP contribution in [-0.4, -0.2) is 6.29 Å². The second kappa shape index (κ2) is 7.63. The van der Waals surface area contributed by atoms with Crippen molar-refractivity contribution in [3.63, 3.8) is 0 Å². The fraction of sp³-hybridized carbons (Fsp3) is 0. The summed E-state index contributed by atoms with van der Waals surface area (Å²) in [6.45, 7) is 0. The van der Waals surface area contributed by atoms with Gasteiger partial charge in [0, 0.05) is 27.8 Å². The molecule has 1 heteroatoms. The van der Waals surface area contributed by atoms with Crippen LogP contribution in [0.3, 0.4) is 0 Å². The summed E-state index contributed by atoms with van der Waals surface area (Å²) in [4.78, 5) is 11.3. The molecule has 0 radical (unpaired) electrons. The van der Waals surface area contributed by atoms with Crippen molar-refractivity contribution in [1.82, 2.24) is 0 Å². The number of benzene rings is 3. The van der Waals surface area contributed by atoms with E-state index in [-0.39, 0.29) is 0 Å². The summed E-state index contributed by atoms with van der Waals surface area (Å²) in [6, 6.07) is 25.0. The molecule has 3 aromatic carbocycles. The maximum atomic E-state index is 11.3. The highest BCUT2D eigenvalue weighted by Gasteiger charge is 2.00. The third kappa shape index (κ3) is 4.01. The third-order valence-electron chi connectivity index (χ3n) is 3.42. The number of hydrogen-bond donors (Lipinski definition) is 0. The van der Waals surface area contributed by atoms with Gasteiger partial charge in [-0.1, -0.05) is 60.1 Å². The summed E-state index contributed by atoms with van der Waals surface area (Å²) in [5, 5.41) is 0. The Bertz CT molecular complexity index is 963. The van der Waals surface area contributed by atoms with Gasteiger partial charge < -0.3 is 0 Å². The molecule has 0 saturated carbocycles. The lowest BCUT2D eigenvalue weighted by Gasteiger charge is -1.98. The molecule has 0 unspecified atom stereocenters. The maximum absolute atomic E-state index is 11.3. The van der Waals surface area contributed by atoms with E-state index in [0.29, 0.717) is 11.1 Å². The molecular weight excluding hydrogens is 292 g/mol. The molecule has 0 spiro atoms. The van der Waals surface area contributed by atoms with Gasteiger partial charge in [0.1, 0.15) is 0 Å². The molecular formula is C23H14O. The van der Waals surface area contributed by atoms with Gasteiger partial charge in [0.25, 0.3) is 0 Å². The zero-order valence-corrected chi connectivity index (χ0v) is 13.0. The van der Waals surface area contributed by atoms with E-state index in [1.54, 1.807) is 6.07 Å². The van der Waals surface area contributed by atoms with E-state index in [1.807, 2.05) is 72.8 Å². The lowest BCUT2D eigenvalue weighted by molar-refractivity contribution is 0.112. The molecule has 0 aromatic heterocycles. The van der Waals surface area contributed by atoms with Gasteiger partial charge in [-0.15, -0.1) is 0 Å². The average molecular weight is 306 g/mol. The number of carbonyl (C=O) groups is 1. The highest BCUT2D eigenvalue weighted by atomic mass is 16.1. The predicted octanol–water partition coefficient (Wildman–Crippen LogP) is 4.30. The van der Waals surface area contributed by atoms with Gasteiger partial charge in [-0.3, -0.25) is 4.79 Å². The molecule has 3 rings (SSSR count). The van der Waals surface area contributed by atoms with Crippen LogP contribution in [0.4, 0.5) is 0 Å². The van der Waals surface area contributed by atoms with E-state index in [4.69, 9.17) is 0 Å². The smallest absolute Gasteiger partial charge is 0.151 e. The summed E-state index contributed by atoms with van der Waals surface area (Å²) < 4.78 is 0. The molecule has 1 nitrogen and oxygen atoms in total. The number of carbonyl (C=O) groups excluding carboxylic acids is 1. The Morgan fingerprint density at radius 1 is 0.583 bits per heavy atom. The van der Waals surface area contributed by atoms with Crippen molar-refractivity contribution in [2.45, 2.75) is 0 Å². The minimum atomic E-state index is 0.554. The van der Waals surface area contributed by atoms with Gasteiger partial charge in [-0.2, -0.15) is 0 Å². The number of aldehydes is 1. The molecule has 0 N–H and O–H groups in total. The van der Waals surface area contributed by atoms with E-state index in [1.165, 1.54) is 0 Å². The lowest BCUT2D eigenvalue weighted by atomic mass is 10.0. The molecule has 0 heterocycles. The van der Waals surface area contributed by atoms with Crippen LogP contribution < -0.4 is 0 Å². The third-order valence-corrected chi connectivity index (χ3v) is 3.42. The second-order valence-electron chi connectivity index (χ2n) is 5.15. The van der Waals surface area contributed by atoms with E-state index < -0.39 is 0 Å². The van der Waals surface area contributed by atoms with Gasteiger partial charge in [-0.05, 0) is 42.5 Å². The first-order chi connectivity index (χ1) is 11.8. The van der Waals surface area contributed by atoms with E-state index in [0.717, 1.165) is 23.0 Å². The minimum absolute atomic E-state index is 0.554. The van der Waals surface area contributed by atoms with Crippen LogP contribution in [0.5, 0.6) is 0 Å². The van der Waals surface area contributed by atoms with Gasteiger partial charge in [0.2, 0.25) is 0 Å². The van der Waals surface area contributed by atoms with Crippen molar-refractivity contribution in [2.75, 3.05) is 0 Å². The zero-order valence-electron chi connectivity index (χ0n) is 13.0. The van der Waals surface area contributed by atoms with Crippen molar-refractivity contribution >= 4 is 6.29 Å². The second-order valence-corrected chi connectivity index (χ2v) is 5.15. The van der Waals surface area contributed by atoms with Crippen molar-refractivity contribution < 1.29 is 4.79 Å². The van der Waals surface area contributed by atoms with Crippen LogP contribution in [-0.2, 0) is 0 Å². The monoisotopic (exact) mass is 306 g/mol. The van der Waals surface area contributed by atoms with E-state index >= 15 is 0 Å². The minimum Gasteiger partial charge on any atom is -0.298 e. The first-order valence-electron chi connectivity index (χ1n) is 7.58. The molecule has 0 amide bonds. The maximum Gasteiger partial charge on any atom is 0.151 e. The number of hydrogen-bond acceptors (Lipinski definition) is 1. The first-order valence-corrected chi connectivity index (χ1v) is 7.58. The molecule has 0 aliphatic carbocycles. The Hall–Kier alpha value is -3.55. The predicted molar refractivity (Wildman–Crippen MR) is 96.7 cm³/mol. The largest absolute Gasteiger partial charge is 0.298 e. The van der Waals surface area contributed by atoms with Crippen molar-refractivity contribution in [3.05, 3.63) is 107 Å². The molecule has 0 bridgehead atoms. The molecule has 0 atom stereocenters. The molecule has 112 valence electrons. The SMILES string of the molecule is O=Cc1cc(C#Cc2ccccc2)ccc1C#Cc1ccccc1. The quantitative estimate of drug-likeness (QED) is 0.484. The Kier molecular flexibility index (Phi) is 4.88. The zero-order chi connectivity index (χ0) is 16.6. The average Bonchev–Trinajstić information content (AvgIpc) is 2.66. The van der Waals surface area contributed by atoms with Crippen LogP contribution in [0.25, 0.3) is 0 Å². The summed E-state index contributed by atoms with van der Waals surface area (Å²) in [5.74, 6) is 12.3. The van der Waals surface area contributed by atoms with Crippen LogP contribution in [0.1, 0.15) is 32.6 Å². The number of rotatable bonds is 1. The fourth-order valence-electron chi connectivity index (χ4n) is 2.18. The lowest BCUT2D eigenvalue weighted by Crippen LogP contribution is -1.89. The van der Waals surface area contributed by atoms with Crippen LogP contribution in [0.15, 0.2) is 78.9 Å². The molecule has 0 fully saturated rings. The summed E-state index contributed by atoms with van der Waals surface area (Å²) in [7, 11) is 0. The fourth-order valence-corrected chi connectivity index (χ4v) is 2.18. The Morgan fingerprint density at radius 2 is 1.12 bits per heavy atom. The van der Waals surface area contributed by atoms with Gasteiger partial charge >= 0.3 is 0 Å². The molecule has 0 aliphatic heterocycles. The van der Waals surface area contributed by atoms with Gasteiger partial charge in [0.15, 0.2) is 6.29 Å². The summed E-state index contributed by atoms with van der Waals surface area (Å²) in [6.07, 6.45) is 0.822. The van der Waals surface area contributed by atoms with Gasteiger partial charge in [0.05, 0.1) is 0 Å². The van der Waals surface area contributed by atoms with Crippen molar-refractivity contribution in [2.24, 2.45) is 0 Å². The topological polar surface area (TPSA) is 17.1 Å². The summed E-state index contributed by atoms with van der Waals surface area (Å²) in [5.41, 5.74) is 3.92. The Balaban J connectivity index is 1.88.